The molecule has 0 saturated carbocycles. The van der Waals surface area contributed by atoms with E-state index in [1.807, 2.05) is 0 Å². The van der Waals surface area contributed by atoms with Gasteiger partial charge in [-0.05, 0) is 19.4 Å². The molecule has 1 unspecified atom stereocenters. The first kappa shape index (κ1) is 8.01. The number of amides is 1. The van der Waals surface area contributed by atoms with E-state index in [1.54, 1.807) is 0 Å². The van der Waals surface area contributed by atoms with Crippen LogP contribution in [0.1, 0.15) is 12.8 Å². The van der Waals surface area contributed by atoms with Gasteiger partial charge in [-0.3, -0.25) is 4.79 Å². The molecule has 0 aromatic rings. The van der Waals surface area contributed by atoms with Gasteiger partial charge in [0.05, 0.1) is 25.3 Å². The van der Waals surface area contributed by atoms with Crippen LogP contribution >= 0.6 is 0 Å². The highest BCUT2D eigenvalue weighted by Crippen LogP contribution is 2.06. The molecule has 4 nitrogen and oxygen atoms in total. The van der Waals surface area contributed by atoms with Crippen LogP contribution in [-0.4, -0.2) is 37.7 Å². The Hall–Kier alpha value is -0.610. The molecule has 0 aromatic heterocycles. The monoisotopic (exact) mass is 170 g/mol. The van der Waals surface area contributed by atoms with E-state index < -0.39 is 0 Å². The zero-order chi connectivity index (χ0) is 8.39. The number of rotatable bonds is 2. The molecule has 68 valence electrons. The van der Waals surface area contributed by atoms with E-state index in [9.17, 15) is 4.79 Å². The van der Waals surface area contributed by atoms with Crippen LogP contribution in [0.4, 0.5) is 0 Å². The summed E-state index contributed by atoms with van der Waals surface area (Å²) >= 11 is 0. The van der Waals surface area contributed by atoms with Crippen LogP contribution in [0.5, 0.6) is 0 Å². The molecule has 0 bridgehead atoms. The normalized spacial score (nSPS) is 29.8. The fraction of sp³-hybridized carbons (Fsp3) is 0.875. The molecule has 4 heteroatoms. The van der Waals surface area contributed by atoms with Gasteiger partial charge in [0.15, 0.2) is 0 Å². The van der Waals surface area contributed by atoms with E-state index in [-0.39, 0.29) is 18.0 Å². The van der Waals surface area contributed by atoms with Crippen molar-refractivity contribution in [2.45, 2.75) is 24.9 Å². The van der Waals surface area contributed by atoms with Crippen molar-refractivity contribution in [1.82, 2.24) is 10.6 Å². The first-order valence-electron chi connectivity index (χ1n) is 4.48. The number of carbonyl (C=O) groups is 1. The van der Waals surface area contributed by atoms with Gasteiger partial charge in [-0.1, -0.05) is 0 Å². The summed E-state index contributed by atoms with van der Waals surface area (Å²) in [6.07, 6.45) is 2.08. The number of hydrogen-bond donors (Lipinski definition) is 2. The summed E-state index contributed by atoms with van der Waals surface area (Å²) < 4.78 is 4.96. The lowest BCUT2D eigenvalue weighted by atomic mass is 10.2. The van der Waals surface area contributed by atoms with Crippen molar-refractivity contribution in [3.63, 3.8) is 0 Å². The Labute approximate surface area is 71.7 Å². The Balaban J connectivity index is 1.74. The van der Waals surface area contributed by atoms with Gasteiger partial charge in [0.1, 0.15) is 0 Å². The fourth-order valence-electron chi connectivity index (χ4n) is 1.53. The van der Waals surface area contributed by atoms with Gasteiger partial charge in [0.25, 0.3) is 0 Å². The van der Waals surface area contributed by atoms with Crippen LogP contribution in [0.2, 0.25) is 0 Å². The standard InChI is InChI=1S/C8H14N2O2/c11-8(7-2-1-3-9-7)10-6-4-12-5-6/h6-7,9H,1-5H2,(H,10,11). The lowest BCUT2D eigenvalue weighted by molar-refractivity contribution is -0.126. The molecule has 0 spiro atoms. The number of carbonyl (C=O) groups excluding carboxylic acids is 1. The zero-order valence-corrected chi connectivity index (χ0v) is 7.01. The van der Waals surface area contributed by atoms with Crippen molar-refractivity contribution in [3.8, 4) is 0 Å². The van der Waals surface area contributed by atoms with Crippen LogP contribution < -0.4 is 10.6 Å². The second kappa shape index (κ2) is 3.41. The minimum atomic E-state index is 0.0469. The van der Waals surface area contributed by atoms with Gasteiger partial charge in [0, 0.05) is 0 Å². The third-order valence-corrected chi connectivity index (χ3v) is 2.36. The average molecular weight is 170 g/mol. The maximum atomic E-state index is 11.4. The molecule has 1 amide bonds. The van der Waals surface area contributed by atoms with Crippen molar-refractivity contribution in [1.29, 1.82) is 0 Å². The molecule has 2 saturated heterocycles. The maximum Gasteiger partial charge on any atom is 0.237 e. The Bertz CT molecular complexity index is 174. The van der Waals surface area contributed by atoms with E-state index >= 15 is 0 Å². The molecular weight excluding hydrogens is 156 g/mol. The minimum absolute atomic E-state index is 0.0469. The van der Waals surface area contributed by atoms with Crippen molar-refractivity contribution >= 4 is 5.91 Å². The summed E-state index contributed by atoms with van der Waals surface area (Å²) in [4.78, 5) is 11.4. The van der Waals surface area contributed by atoms with E-state index in [1.165, 1.54) is 0 Å². The summed E-state index contributed by atoms with van der Waals surface area (Å²) in [5.41, 5.74) is 0. The molecule has 2 aliphatic heterocycles. The molecule has 12 heavy (non-hydrogen) atoms. The quantitative estimate of drug-likeness (QED) is 0.573. The highest BCUT2D eigenvalue weighted by atomic mass is 16.5. The second-order valence-electron chi connectivity index (χ2n) is 3.39. The van der Waals surface area contributed by atoms with Crippen LogP contribution in [0.25, 0.3) is 0 Å². The van der Waals surface area contributed by atoms with Gasteiger partial charge in [0.2, 0.25) is 5.91 Å². The molecule has 2 rings (SSSR count). The lowest BCUT2D eigenvalue weighted by Crippen LogP contribution is -2.53. The van der Waals surface area contributed by atoms with Gasteiger partial charge < -0.3 is 15.4 Å². The molecule has 1 atom stereocenters. The Morgan fingerprint density at radius 2 is 2.33 bits per heavy atom. The van der Waals surface area contributed by atoms with Crippen molar-refractivity contribution in [2.24, 2.45) is 0 Å². The Kier molecular flexibility index (Phi) is 2.28. The summed E-state index contributed by atoms with van der Waals surface area (Å²) in [6.45, 7) is 2.33. The smallest absolute Gasteiger partial charge is 0.237 e. The largest absolute Gasteiger partial charge is 0.377 e. The molecule has 0 radical (unpaired) electrons. The third-order valence-electron chi connectivity index (χ3n) is 2.36. The minimum Gasteiger partial charge on any atom is -0.377 e. The topological polar surface area (TPSA) is 50.4 Å². The van der Waals surface area contributed by atoms with Gasteiger partial charge in [-0.25, -0.2) is 0 Å². The van der Waals surface area contributed by atoms with Crippen molar-refractivity contribution in [2.75, 3.05) is 19.8 Å². The molecular formula is C8H14N2O2. The molecule has 0 aromatic carbocycles. The van der Waals surface area contributed by atoms with E-state index in [2.05, 4.69) is 10.6 Å². The summed E-state index contributed by atoms with van der Waals surface area (Å²) in [6, 6.07) is 0.311. The summed E-state index contributed by atoms with van der Waals surface area (Å²) in [7, 11) is 0. The first-order chi connectivity index (χ1) is 5.86. The van der Waals surface area contributed by atoms with Crippen molar-refractivity contribution in [3.05, 3.63) is 0 Å². The second-order valence-corrected chi connectivity index (χ2v) is 3.39. The highest BCUT2D eigenvalue weighted by Gasteiger charge is 2.26. The number of ether oxygens (including phenoxy) is 1. The van der Waals surface area contributed by atoms with Crippen molar-refractivity contribution < 1.29 is 9.53 Å². The van der Waals surface area contributed by atoms with E-state index in [4.69, 9.17) is 4.74 Å². The Morgan fingerprint density at radius 3 is 2.83 bits per heavy atom. The van der Waals surface area contributed by atoms with Crippen LogP contribution in [-0.2, 0) is 9.53 Å². The lowest BCUT2D eigenvalue weighted by Gasteiger charge is -2.27. The zero-order valence-electron chi connectivity index (χ0n) is 7.01. The predicted molar refractivity (Wildman–Crippen MR) is 43.8 cm³/mol. The fourth-order valence-corrected chi connectivity index (χ4v) is 1.53. The van der Waals surface area contributed by atoms with Gasteiger partial charge in [-0.2, -0.15) is 0 Å². The van der Waals surface area contributed by atoms with Gasteiger partial charge >= 0.3 is 0 Å². The molecule has 2 fully saturated rings. The average Bonchev–Trinajstić information content (AvgIpc) is 2.47. The molecule has 2 heterocycles. The molecule has 2 aliphatic rings. The third kappa shape index (κ3) is 1.59. The summed E-state index contributed by atoms with van der Waals surface area (Å²) in [5, 5.41) is 6.09. The summed E-state index contributed by atoms with van der Waals surface area (Å²) in [5.74, 6) is 0.140. The highest BCUT2D eigenvalue weighted by molar-refractivity contribution is 5.82. The molecule has 2 N–H and O–H groups in total. The van der Waals surface area contributed by atoms with Crippen LogP contribution in [0.15, 0.2) is 0 Å². The van der Waals surface area contributed by atoms with Gasteiger partial charge in [-0.15, -0.1) is 0 Å². The SMILES string of the molecule is O=C(NC1COC1)C1CCCN1. The maximum absolute atomic E-state index is 11.4. The van der Waals surface area contributed by atoms with Crippen LogP contribution in [0.3, 0.4) is 0 Å². The molecule has 0 aliphatic carbocycles. The van der Waals surface area contributed by atoms with E-state index in [0.717, 1.165) is 19.4 Å². The number of nitrogens with one attached hydrogen (secondary N) is 2. The number of hydrogen-bond acceptors (Lipinski definition) is 3. The van der Waals surface area contributed by atoms with Crippen LogP contribution in [0, 0.1) is 0 Å². The Morgan fingerprint density at radius 1 is 1.50 bits per heavy atom. The predicted octanol–water partition coefficient (Wildman–Crippen LogP) is -0.747. The first-order valence-corrected chi connectivity index (χ1v) is 4.48. The van der Waals surface area contributed by atoms with E-state index in [0.29, 0.717) is 13.2 Å².